The van der Waals surface area contributed by atoms with Gasteiger partial charge in [-0.2, -0.15) is 0 Å². The molecule has 5 aromatic rings. The fourth-order valence-electron chi connectivity index (χ4n) is 8.92. The van der Waals surface area contributed by atoms with E-state index >= 15 is 0 Å². The number of pyridine rings is 2. The van der Waals surface area contributed by atoms with Gasteiger partial charge in [0.15, 0.2) is 0 Å². The lowest BCUT2D eigenvalue weighted by Crippen LogP contribution is -2.56. The number of primary amides is 2. The highest BCUT2D eigenvalue weighted by Gasteiger charge is 2.39. The highest BCUT2D eigenvalue weighted by atomic mass is 16.5. The second-order valence-electron chi connectivity index (χ2n) is 16.4. The molecule has 2 aromatic carbocycles. The largest absolute Gasteiger partial charge is 0.487 e. The van der Waals surface area contributed by atoms with E-state index in [1.165, 1.54) is 12.8 Å². The number of carbonyl (C=O) groups excluding carboxylic acids is 2. The SMILES string of the molecule is CN(CCN1CCCC1)c1cc(-c2cnc3c(c2)CCCO3)c2c(c1C(N)=O)NCN2[N+](C)(C)CCOc1cc(-c2cnc3c(c2)CCCO3)c2nc[nH]c2c1C(N)=O. The Morgan fingerprint density at radius 3 is 2.20 bits per heavy atom. The highest BCUT2D eigenvalue weighted by Crippen LogP contribution is 2.49. The van der Waals surface area contributed by atoms with E-state index in [4.69, 9.17) is 30.7 Å². The Morgan fingerprint density at radius 2 is 1.54 bits per heavy atom. The number of aromatic nitrogens is 4. The Balaban J connectivity index is 1.05. The van der Waals surface area contributed by atoms with Crippen molar-refractivity contribution in [3.05, 3.63) is 65.2 Å². The number of fused-ring (bicyclic) bond motifs is 4. The molecule has 0 unspecified atom stereocenters. The number of H-pyrrole nitrogens is 1. The number of carbonyl (C=O) groups is 2. The van der Waals surface area contributed by atoms with E-state index in [0.717, 1.165) is 96.6 Å². The second-order valence-corrected chi connectivity index (χ2v) is 16.4. The normalized spacial score (nSPS) is 16.2. The molecule has 6 N–H and O–H groups in total. The number of nitrogens with zero attached hydrogens (tertiary/aromatic N) is 7. The van der Waals surface area contributed by atoms with Crippen molar-refractivity contribution >= 4 is 39.9 Å². The summed E-state index contributed by atoms with van der Waals surface area (Å²) in [6.07, 6.45) is 11.2. The van der Waals surface area contributed by atoms with Gasteiger partial charge in [0.2, 0.25) is 11.8 Å². The number of nitrogens with one attached hydrogen (secondary N) is 2. The Hall–Kier alpha value is -6.13. The van der Waals surface area contributed by atoms with Crippen molar-refractivity contribution in [2.45, 2.75) is 38.5 Å². The molecular weight excluding hydrogens is 751 g/mol. The van der Waals surface area contributed by atoms with Gasteiger partial charge in [-0.25, -0.2) is 24.6 Å². The van der Waals surface area contributed by atoms with E-state index in [1.807, 2.05) is 19.3 Å². The molecule has 1 fully saturated rings. The molecular formula is C43H52N11O5+. The van der Waals surface area contributed by atoms with Crippen molar-refractivity contribution in [1.82, 2.24) is 24.8 Å². The van der Waals surface area contributed by atoms with Gasteiger partial charge in [-0.05, 0) is 75.9 Å². The number of aryl methyl sites for hydroxylation is 2. The molecule has 0 atom stereocenters. The number of nitrogens with two attached hydrogens (primary N) is 2. The molecule has 16 heteroatoms. The lowest BCUT2D eigenvalue weighted by atomic mass is 9.96. The molecule has 0 radical (unpaired) electrons. The van der Waals surface area contributed by atoms with Crippen molar-refractivity contribution in [2.24, 2.45) is 11.5 Å². The quantitative estimate of drug-likeness (QED) is 0.124. The summed E-state index contributed by atoms with van der Waals surface area (Å²) in [6, 6.07) is 8.15. The van der Waals surface area contributed by atoms with E-state index < -0.39 is 11.8 Å². The molecule has 2 amide bonds. The number of hydrogen-bond donors (Lipinski definition) is 4. The third kappa shape index (κ3) is 7.20. The van der Waals surface area contributed by atoms with E-state index in [2.05, 4.69) is 67.4 Å². The summed E-state index contributed by atoms with van der Waals surface area (Å²) in [6.45, 7) is 6.23. The van der Waals surface area contributed by atoms with Crippen molar-refractivity contribution in [3.8, 4) is 39.8 Å². The first-order chi connectivity index (χ1) is 28.6. The van der Waals surface area contributed by atoms with E-state index in [0.29, 0.717) is 70.8 Å². The predicted molar refractivity (Wildman–Crippen MR) is 226 cm³/mol. The number of hydrogen-bond acceptors (Lipinski definition) is 12. The lowest BCUT2D eigenvalue weighted by Gasteiger charge is -2.39. The smallest absolute Gasteiger partial charge is 0.254 e. The van der Waals surface area contributed by atoms with Gasteiger partial charge in [-0.3, -0.25) is 9.59 Å². The number of rotatable bonds is 13. The minimum absolute atomic E-state index is 0.224. The van der Waals surface area contributed by atoms with Crippen LogP contribution in [-0.4, -0.2) is 122 Å². The highest BCUT2D eigenvalue weighted by molar-refractivity contribution is 6.11. The summed E-state index contributed by atoms with van der Waals surface area (Å²) in [7, 11) is 6.20. The molecule has 4 aliphatic rings. The van der Waals surface area contributed by atoms with E-state index in [1.54, 1.807) is 12.5 Å². The second kappa shape index (κ2) is 15.6. The summed E-state index contributed by atoms with van der Waals surface area (Å²) in [5, 5.41) is 5.78. The molecule has 0 saturated carbocycles. The van der Waals surface area contributed by atoms with Gasteiger partial charge < -0.3 is 45.8 Å². The number of ether oxygens (including phenoxy) is 3. The number of anilines is 3. The third-order valence-corrected chi connectivity index (χ3v) is 12.1. The van der Waals surface area contributed by atoms with Gasteiger partial charge in [0.1, 0.15) is 36.8 Å². The number of aromatic amines is 1. The van der Waals surface area contributed by atoms with Crippen LogP contribution in [0.4, 0.5) is 17.1 Å². The Labute approximate surface area is 343 Å². The van der Waals surface area contributed by atoms with Crippen molar-refractivity contribution < 1.29 is 28.4 Å². The number of quaternary nitrogens is 1. The monoisotopic (exact) mass is 802 g/mol. The maximum atomic E-state index is 13.5. The summed E-state index contributed by atoms with van der Waals surface area (Å²) in [5.74, 6) is 0.531. The molecule has 0 aliphatic carbocycles. The Kier molecular flexibility index (Phi) is 10.1. The van der Waals surface area contributed by atoms with Crippen LogP contribution in [-0.2, 0) is 12.8 Å². The van der Waals surface area contributed by atoms with Gasteiger partial charge in [0.05, 0.1) is 61.6 Å². The first-order valence-corrected chi connectivity index (χ1v) is 20.5. The minimum atomic E-state index is -0.627. The number of amides is 2. The maximum absolute atomic E-state index is 13.5. The number of likely N-dealkylation sites (tertiary alicyclic amines) is 1. The first kappa shape index (κ1) is 38.4. The van der Waals surface area contributed by atoms with Gasteiger partial charge in [-0.15, -0.1) is 0 Å². The first-order valence-electron chi connectivity index (χ1n) is 20.5. The molecule has 1 saturated heterocycles. The average Bonchev–Trinajstić information content (AvgIpc) is 4.04. The predicted octanol–water partition coefficient (Wildman–Crippen LogP) is 4.33. The Bertz CT molecular complexity index is 2440. The van der Waals surface area contributed by atoms with Crippen LogP contribution in [0.3, 0.4) is 0 Å². The number of benzene rings is 2. The molecule has 0 spiro atoms. The van der Waals surface area contributed by atoms with Crippen molar-refractivity contribution in [2.75, 3.05) is 95.6 Å². The molecule has 4 aliphatic heterocycles. The van der Waals surface area contributed by atoms with Crippen LogP contribution in [0.25, 0.3) is 33.3 Å². The van der Waals surface area contributed by atoms with Crippen molar-refractivity contribution in [1.29, 1.82) is 0 Å². The summed E-state index contributed by atoms with van der Waals surface area (Å²) in [4.78, 5) is 48.1. The number of imidazole rings is 1. The van der Waals surface area contributed by atoms with Gasteiger partial charge >= 0.3 is 0 Å². The van der Waals surface area contributed by atoms with Gasteiger partial charge in [0.25, 0.3) is 11.8 Å². The molecule has 16 nitrogen and oxygen atoms in total. The van der Waals surface area contributed by atoms with Crippen LogP contribution in [0.2, 0.25) is 0 Å². The van der Waals surface area contributed by atoms with Crippen LogP contribution in [0.1, 0.15) is 57.5 Å². The average molecular weight is 803 g/mol. The summed E-state index contributed by atoms with van der Waals surface area (Å²) >= 11 is 0. The Morgan fingerprint density at radius 1 is 0.881 bits per heavy atom. The lowest BCUT2D eigenvalue weighted by molar-refractivity contribution is -0.898. The van der Waals surface area contributed by atoms with Crippen LogP contribution in [0.15, 0.2) is 43.0 Å². The fourth-order valence-corrected chi connectivity index (χ4v) is 8.92. The van der Waals surface area contributed by atoms with Crippen LogP contribution < -0.4 is 40.9 Å². The molecule has 3 aromatic heterocycles. The van der Waals surface area contributed by atoms with Crippen molar-refractivity contribution in [3.63, 3.8) is 0 Å². The molecule has 308 valence electrons. The van der Waals surface area contributed by atoms with Gasteiger partial charge in [0, 0.05) is 65.9 Å². The topological polar surface area (TPSA) is 190 Å². The molecule has 0 bridgehead atoms. The molecule has 7 heterocycles. The summed E-state index contributed by atoms with van der Waals surface area (Å²) < 4.78 is 18.5. The zero-order valence-electron chi connectivity index (χ0n) is 34.0. The van der Waals surface area contributed by atoms with Crippen LogP contribution >= 0.6 is 0 Å². The summed E-state index contributed by atoms with van der Waals surface area (Å²) in [5.41, 5.74) is 21.9. The number of likely N-dealkylation sites (N-methyl/N-ethyl adjacent to an activating group) is 2. The molecule has 59 heavy (non-hydrogen) atoms. The fraction of sp³-hybridized carbons (Fsp3) is 0.419. The van der Waals surface area contributed by atoms with Crippen LogP contribution in [0.5, 0.6) is 17.5 Å². The molecule has 9 rings (SSSR count). The zero-order valence-corrected chi connectivity index (χ0v) is 34.0. The van der Waals surface area contributed by atoms with E-state index in [9.17, 15) is 9.59 Å². The maximum Gasteiger partial charge on any atom is 0.254 e. The third-order valence-electron chi connectivity index (χ3n) is 12.1. The van der Waals surface area contributed by atoms with Gasteiger partial charge in [-0.1, -0.05) is 0 Å². The standard InChI is InChI=1S/C43H51N11O5/c1-51(12-13-52-10-4-5-11-52)32-20-31(29-19-27-9-7-16-59-43(27)47-23-29)39-38(34(32)40(44)55)50-25-53(39)54(2,3)14-17-57-33-21-30(36-37(49-24-48-36)35(33)41(45)56)28-18-26-8-6-15-58-42(26)46-22-28/h18-24H,4-17,25H2,1-3H3,(H5-,44,45,48,49,50,55,56)/p+1. The van der Waals surface area contributed by atoms with Crippen LogP contribution in [0, 0.1) is 0 Å². The minimum Gasteiger partial charge on any atom is -0.487 e. The zero-order chi connectivity index (χ0) is 40.8. The van der Waals surface area contributed by atoms with E-state index in [-0.39, 0.29) is 12.2 Å².